The number of hydrogen-bond donors (Lipinski definition) is 0. The number of anilines is 3. The maximum atomic E-state index is 5.13. The Balaban J connectivity index is 1.12. The van der Waals surface area contributed by atoms with Gasteiger partial charge < -0.3 is 4.90 Å². The van der Waals surface area contributed by atoms with Gasteiger partial charge in [0.1, 0.15) is 0 Å². The second-order valence-electron chi connectivity index (χ2n) is 11.2. The van der Waals surface area contributed by atoms with Crippen LogP contribution in [0.4, 0.5) is 17.1 Å². The van der Waals surface area contributed by atoms with Gasteiger partial charge in [0.15, 0.2) is 0 Å². The molecular weight excluding hydrogens is 539 g/mol. The third-order valence-corrected chi connectivity index (χ3v) is 9.83. The van der Waals surface area contributed by atoms with E-state index in [-0.39, 0.29) is 6.71 Å². The number of fused-ring (bicyclic) bond motifs is 6. The van der Waals surface area contributed by atoms with E-state index >= 15 is 0 Å². The van der Waals surface area contributed by atoms with Gasteiger partial charge in [0.2, 0.25) is 6.71 Å². The summed E-state index contributed by atoms with van der Waals surface area (Å²) < 4.78 is 0. The van der Waals surface area contributed by atoms with Crippen molar-refractivity contribution >= 4 is 62.8 Å². The van der Waals surface area contributed by atoms with E-state index in [4.69, 9.17) is 4.98 Å². The highest BCUT2D eigenvalue weighted by Gasteiger charge is 2.34. The number of pyridine rings is 1. The average Bonchev–Trinajstić information content (AvgIpc) is 3.39. The topological polar surface area (TPSA) is 16.1 Å². The third-order valence-electron chi connectivity index (χ3n) is 8.70. The number of aromatic nitrogens is 1. The Morgan fingerprint density at radius 2 is 1.23 bits per heavy atom. The van der Waals surface area contributed by atoms with Crippen LogP contribution >= 0.6 is 11.8 Å². The van der Waals surface area contributed by atoms with Crippen molar-refractivity contribution in [1.82, 2.24) is 4.98 Å². The zero-order valence-corrected chi connectivity index (χ0v) is 24.1. The second kappa shape index (κ2) is 9.76. The highest BCUT2D eigenvalue weighted by atomic mass is 32.2. The first-order chi connectivity index (χ1) is 21.3. The van der Waals surface area contributed by atoms with Crippen LogP contribution in [-0.4, -0.2) is 11.7 Å². The van der Waals surface area contributed by atoms with Crippen LogP contribution < -0.4 is 21.3 Å². The third kappa shape index (κ3) is 3.94. The van der Waals surface area contributed by atoms with Gasteiger partial charge in [0.25, 0.3) is 0 Å². The second-order valence-corrected chi connectivity index (χ2v) is 12.3. The highest BCUT2D eigenvalue weighted by molar-refractivity contribution is 7.99. The maximum Gasteiger partial charge on any atom is 0.244 e. The summed E-state index contributed by atoms with van der Waals surface area (Å²) in [6, 6.07) is 54.9. The number of rotatable bonds is 3. The quantitative estimate of drug-likeness (QED) is 0.201. The molecule has 6 aromatic carbocycles. The van der Waals surface area contributed by atoms with Gasteiger partial charge in [-0.05, 0) is 70.0 Å². The Hall–Kier alpha value is -5.06. The molecule has 3 heterocycles. The first kappa shape index (κ1) is 24.5. The lowest BCUT2D eigenvalue weighted by Gasteiger charge is -2.32. The molecule has 0 bridgehead atoms. The molecule has 2 aliphatic heterocycles. The molecule has 0 N–H and O–H groups in total. The van der Waals surface area contributed by atoms with Gasteiger partial charge in [-0.25, -0.2) is 4.98 Å². The predicted octanol–water partition coefficient (Wildman–Crippen LogP) is 8.33. The molecule has 0 saturated heterocycles. The van der Waals surface area contributed by atoms with Crippen LogP contribution in [0.2, 0.25) is 0 Å². The van der Waals surface area contributed by atoms with E-state index in [2.05, 4.69) is 157 Å². The van der Waals surface area contributed by atoms with Crippen LogP contribution in [0.1, 0.15) is 0 Å². The summed E-state index contributed by atoms with van der Waals surface area (Å²) in [6.45, 7) is 0.154. The summed E-state index contributed by atoms with van der Waals surface area (Å²) in [5.41, 5.74) is 13.3. The van der Waals surface area contributed by atoms with E-state index in [9.17, 15) is 0 Å². The van der Waals surface area contributed by atoms with Crippen molar-refractivity contribution < 1.29 is 0 Å². The first-order valence-corrected chi connectivity index (χ1v) is 15.5. The molecule has 0 radical (unpaired) electrons. The van der Waals surface area contributed by atoms with E-state index in [1.54, 1.807) is 0 Å². The minimum absolute atomic E-state index is 0.154. The molecule has 7 aromatic rings. The van der Waals surface area contributed by atoms with E-state index in [0.717, 1.165) is 16.9 Å². The molecule has 2 nitrogen and oxygen atoms in total. The summed E-state index contributed by atoms with van der Waals surface area (Å²) in [5.74, 6) is 0. The Labute approximate surface area is 255 Å². The molecule has 0 amide bonds. The minimum atomic E-state index is 0.154. The highest BCUT2D eigenvalue weighted by Crippen LogP contribution is 2.51. The lowest BCUT2D eigenvalue weighted by molar-refractivity contribution is 1.17. The van der Waals surface area contributed by atoms with Gasteiger partial charge in [0.05, 0.1) is 22.6 Å². The monoisotopic (exact) mass is 564 g/mol. The number of nitrogens with zero attached hydrogens (tertiary/aromatic N) is 2. The Morgan fingerprint density at radius 1 is 0.535 bits per heavy atom. The maximum absolute atomic E-state index is 5.13. The fourth-order valence-electron chi connectivity index (χ4n) is 6.74. The SMILES string of the molecule is c1cc(B2c3ccccc3-c3nc4ccccc4cc32)cc(-c2ccc(N3c4ccccc4Sc4ccccc43)cc2)c1. The van der Waals surface area contributed by atoms with E-state index in [1.807, 2.05) is 11.8 Å². The molecule has 1 aromatic heterocycles. The van der Waals surface area contributed by atoms with Crippen molar-refractivity contribution in [3.8, 4) is 22.4 Å². The predicted molar refractivity (Wildman–Crippen MR) is 183 cm³/mol. The molecule has 9 rings (SSSR count). The fraction of sp³-hybridized carbons (Fsp3) is 0. The molecule has 43 heavy (non-hydrogen) atoms. The Kier molecular flexibility index (Phi) is 5.57. The van der Waals surface area contributed by atoms with Gasteiger partial charge in [-0.3, -0.25) is 0 Å². The van der Waals surface area contributed by atoms with Crippen molar-refractivity contribution in [2.75, 3.05) is 4.90 Å². The molecule has 0 spiro atoms. The molecule has 0 fully saturated rings. The number of para-hydroxylation sites is 3. The smallest absolute Gasteiger partial charge is 0.244 e. The largest absolute Gasteiger partial charge is 0.308 e. The zero-order chi connectivity index (χ0) is 28.3. The molecule has 2 aliphatic rings. The van der Waals surface area contributed by atoms with Crippen LogP contribution in [0.25, 0.3) is 33.3 Å². The van der Waals surface area contributed by atoms with E-state index in [0.29, 0.717) is 0 Å². The summed E-state index contributed by atoms with van der Waals surface area (Å²) in [7, 11) is 0. The average molecular weight is 565 g/mol. The van der Waals surface area contributed by atoms with Crippen molar-refractivity contribution in [2.45, 2.75) is 9.79 Å². The molecule has 0 atom stereocenters. The molecule has 0 unspecified atom stereocenters. The van der Waals surface area contributed by atoms with Gasteiger partial charge in [-0.15, -0.1) is 0 Å². The summed E-state index contributed by atoms with van der Waals surface area (Å²) >= 11 is 1.84. The standard InChI is InChI=1S/C39H25BN2S/c1-4-15-34-28(10-1)25-33-39(41-34)31-13-2-3-14-32(31)40(33)29-12-9-11-27(24-29)26-20-22-30(23-21-26)42-35-16-5-7-18-37(35)43-38-19-8-6-17-36(38)42/h1-25H. The van der Waals surface area contributed by atoms with Crippen molar-refractivity contribution in [1.29, 1.82) is 0 Å². The lowest BCUT2D eigenvalue weighted by Crippen LogP contribution is -2.48. The van der Waals surface area contributed by atoms with Crippen molar-refractivity contribution in [3.63, 3.8) is 0 Å². The zero-order valence-electron chi connectivity index (χ0n) is 23.3. The summed E-state index contributed by atoms with van der Waals surface area (Å²) in [5, 5.41) is 1.19. The van der Waals surface area contributed by atoms with Gasteiger partial charge in [-0.2, -0.15) is 0 Å². The van der Waals surface area contributed by atoms with Gasteiger partial charge >= 0.3 is 0 Å². The van der Waals surface area contributed by atoms with Crippen molar-refractivity contribution in [3.05, 3.63) is 152 Å². The molecular formula is C39H25BN2S. The van der Waals surface area contributed by atoms with Crippen LogP contribution in [0.15, 0.2) is 161 Å². The number of hydrogen-bond acceptors (Lipinski definition) is 3. The summed E-state index contributed by atoms with van der Waals surface area (Å²) in [6.07, 6.45) is 0. The summed E-state index contributed by atoms with van der Waals surface area (Å²) in [4.78, 5) is 10.1. The molecule has 4 heteroatoms. The van der Waals surface area contributed by atoms with Crippen molar-refractivity contribution in [2.24, 2.45) is 0 Å². The Bertz CT molecular complexity index is 2140. The number of benzene rings is 6. The van der Waals surface area contributed by atoms with Crippen LogP contribution in [-0.2, 0) is 0 Å². The van der Waals surface area contributed by atoms with Gasteiger partial charge in [-0.1, -0.05) is 132 Å². The van der Waals surface area contributed by atoms with Crippen LogP contribution in [0, 0.1) is 0 Å². The van der Waals surface area contributed by atoms with Gasteiger partial charge in [0, 0.05) is 15.5 Å². The molecule has 200 valence electrons. The van der Waals surface area contributed by atoms with Crippen LogP contribution in [0.3, 0.4) is 0 Å². The first-order valence-electron chi connectivity index (χ1n) is 14.7. The minimum Gasteiger partial charge on any atom is -0.308 e. The normalized spacial score (nSPS) is 12.9. The lowest BCUT2D eigenvalue weighted by atomic mass is 9.39. The molecule has 0 saturated carbocycles. The van der Waals surface area contributed by atoms with Crippen LogP contribution in [0.5, 0.6) is 0 Å². The van der Waals surface area contributed by atoms with E-state index < -0.39 is 0 Å². The van der Waals surface area contributed by atoms with E-state index in [1.165, 1.54) is 59.6 Å². The molecule has 0 aliphatic carbocycles. The fourth-order valence-corrected chi connectivity index (χ4v) is 7.80. The Morgan fingerprint density at radius 3 is 2.05 bits per heavy atom.